The molecule has 4 aromatic heterocycles. The van der Waals surface area contributed by atoms with E-state index in [4.69, 9.17) is 23.8 Å². The zero-order valence-corrected chi connectivity index (χ0v) is 31.4. The van der Waals surface area contributed by atoms with E-state index in [1.807, 2.05) is 42.5 Å². The Morgan fingerprint density at radius 3 is 1.76 bits per heavy atom. The largest absolute Gasteiger partial charge is 0.456 e. The number of hydrogen-bond donors (Lipinski definition) is 0. The average molecular weight is 755 g/mol. The minimum absolute atomic E-state index is 0.565. The van der Waals surface area contributed by atoms with Crippen LogP contribution in [0.5, 0.6) is 0 Å². The molecule has 6 nitrogen and oxygen atoms in total. The van der Waals surface area contributed by atoms with Gasteiger partial charge in [0.1, 0.15) is 16.7 Å². The van der Waals surface area contributed by atoms with Gasteiger partial charge in [-0.15, -0.1) is 0 Å². The Morgan fingerprint density at radius 1 is 0.339 bits per heavy atom. The summed E-state index contributed by atoms with van der Waals surface area (Å²) in [6.07, 6.45) is 0. The highest BCUT2D eigenvalue weighted by Crippen LogP contribution is 2.42. The standard InChI is InChI=1S/C53H30N4O2/c1-2-14-33-29-45-41(26-32(33)13-1)37-17-5-8-21-44(37)57(45)46-30-35(28-43-39-19-7-10-23-48(39)59-50(43)46)52-54-51(34-24-25-49-42(27-34)38-18-6-9-22-47(38)58-49)55-53(56-52)40-20-11-15-31-12-3-4-16-36(31)40/h1-30H. The monoisotopic (exact) mass is 754 g/mol. The summed E-state index contributed by atoms with van der Waals surface area (Å²) in [5.74, 6) is 1.74. The Balaban J connectivity index is 1.13. The van der Waals surface area contributed by atoms with Gasteiger partial charge in [0.05, 0.1) is 16.7 Å². The van der Waals surface area contributed by atoms with Gasteiger partial charge in [-0.1, -0.05) is 121 Å². The Bertz CT molecular complexity index is 3870. The summed E-state index contributed by atoms with van der Waals surface area (Å²) < 4.78 is 15.4. The molecule has 9 aromatic carbocycles. The van der Waals surface area contributed by atoms with Crippen LogP contribution in [0.15, 0.2) is 191 Å². The fraction of sp³-hybridized carbons (Fsp3) is 0. The molecule has 0 bridgehead atoms. The van der Waals surface area contributed by atoms with Crippen LogP contribution >= 0.6 is 0 Å². The van der Waals surface area contributed by atoms with Crippen LogP contribution in [0.2, 0.25) is 0 Å². The molecule has 0 aliphatic rings. The quantitative estimate of drug-likeness (QED) is 0.179. The van der Waals surface area contributed by atoms with Crippen LogP contribution in [0.4, 0.5) is 0 Å². The molecule has 13 aromatic rings. The van der Waals surface area contributed by atoms with Gasteiger partial charge in [0, 0.05) is 49.0 Å². The number of para-hydroxylation sites is 3. The van der Waals surface area contributed by atoms with Crippen molar-refractivity contribution in [3.8, 4) is 39.9 Å². The van der Waals surface area contributed by atoms with Crippen molar-refractivity contribution in [1.82, 2.24) is 19.5 Å². The molecule has 0 aliphatic carbocycles. The predicted octanol–water partition coefficient (Wildman–Crippen LogP) is 14.1. The lowest BCUT2D eigenvalue weighted by Crippen LogP contribution is -2.02. The summed E-state index contributed by atoms with van der Waals surface area (Å²) in [7, 11) is 0. The van der Waals surface area contributed by atoms with E-state index in [0.29, 0.717) is 17.5 Å². The van der Waals surface area contributed by atoms with E-state index < -0.39 is 0 Å². The number of nitrogens with zero attached hydrogens (tertiary/aromatic N) is 4. The Labute approximate surface area is 336 Å². The van der Waals surface area contributed by atoms with Crippen LogP contribution < -0.4 is 0 Å². The minimum Gasteiger partial charge on any atom is -0.456 e. The summed E-state index contributed by atoms with van der Waals surface area (Å²) in [5.41, 5.74) is 9.04. The maximum atomic E-state index is 6.80. The van der Waals surface area contributed by atoms with Gasteiger partial charge in [-0.25, -0.2) is 15.0 Å². The second-order valence-corrected chi connectivity index (χ2v) is 15.2. The van der Waals surface area contributed by atoms with Crippen molar-refractivity contribution in [3.05, 3.63) is 182 Å². The molecule has 0 saturated carbocycles. The average Bonchev–Trinajstić information content (AvgIpc) is 3.97. The molecule has 59 heavy (non-hydrogen) atoms. The molecule has 0 amide bonds. The van der Waals surface area contributed by atoms with Crippen molar-refractivity contribution in [1.29, 1.82) is 0 Å². The van der Waals surface area contributed by atoms with Crippen molar-refractivity contribution in [2.45, 2.75) is 0 Å². The molecular formula is C53H30N4O2. The predicted molar refractivity (Wildman–Crippen MR) is 240 cm³/mol. The molecule has 0 radical (unpaired) electrons. The van der Waals surface area contributed by atoms with Crippen molar-refractivity contribution >= 4 is 87.2 Å². The number of benzene rings is 9. The van der Waals surface area contributed by atoms with E-state index in [-0.39, 0.29) is 0 Å². The first-order valence-corrected chi connectivity index (χ1v) is 19.8. The van der Waals surface area contributed by atoms with Gasteiger partial charge in [-0.2, -0.15) is 0 Å². The molecule has 13 rings (SSSR count). The number of aromatic nitrogens is 4. The fourth-order valence-corrected chi connectivity index (χ4v) is 9.06. The van der Waals surface area contributed by atoms with Crippen LogP contribution in [0.25, 0.3) is 127 Å². The molecule has 0 saturated heterocycles. The van der Waals surface area contributed by atoms with Crippen LogP contribution in [-0.4, -0.2) is 19.5 Å². The number of rotatable bonds is 4. The maximum Gasteiger partial charge on any atom is 0.164 e. The molecule has 6 heteroatoms. The van der Waals surface area contributed by atoms with Crippen LogP contribution in [0.3, 0.4) is 0 Å². The minimum atomic E-state index is 0.565. The van der Waals surface area contributed by atoms with Crippen LogP contribution in [-0.2, 0) is 0 Å². The topological polar surface area (TPSA) is 69.9 Å². The van der Waals surface area contributed by atoms with Gasteiger partial charge in [0.2, 0.25) is 0 Å². The SMILES string of the molecule is c1ccc2cc3c(cc2c1)c1ccccc1n3-c1cc(-c2nc(-c3ccc4oc5ccccc5c4c3)nc(-c3cccc4ccccc34)n2)cc2c1oc1ccccc12. The maximum absolute atomic E-state index is 6.80. The third-order valence-corrected chi connectivity index (χ3v) is 11.8. The lowest BCUT2D eigenvalue weighted by atomic mass is 10.0. The zero-order valence-electron chi connectivity index (χ0n) is 31.4. The van der Waals surface area contributed by atoms with Crippen LogP contribution in [0.1, 0.15) is 0 Å². The molecule has 4 heterocycles. The van der Waals surface area contributed by atoms with E-state index >= 15 is 0 Å². The molecule has 0 aliphatic heterocycles. The lowest BCUT2D eigenvalue weighted by molar-refractivity contribution is 0.666. The second kappa shape index (κ2) is 12.2. The zero-order chi connectivity index (χ0) is 38.6. The van der Waals surface area contributed by atoms with Crippen molar-refractivity contribution in [2.24, 2.45) is 0 Å². The molecule has 0 N–H and O–H groups in total. The second-order valence-electron chi connectivity index (χ2n) is 15.2. The van der Waals surface area contributed by atoms with Crippen molar-refractivity contribution in [2.75, 3.05) is 0 Å². The molecule has 274 valence electrons. The highest BCUT2D eigenvalue weighted by atomic mass is 16.3. The Hall–Kier alpha value is -8.09. The molecular weight excluding hydrogens is 725 g/mol. The van der Waals surface area contributed by atoms with E-state index in [2.05, 4.69) is 144 Å². The van der Waals surface area contributed by atoms with Crippen molar-refractivity contribution < 1.29 is 8.83 Å². The van der Waals surface area contributed by atoms with Crippen LogP contribution in [0, 0.1) is 0 Å². The van der Waals surface area contributed by atoms with Gasteiger partial charge in [0.25, 0.3) is 0 Å². The van der Waals surface area contributed by atoms with Gasteiger partial charge in [0.15, 0.2) is 23.1 Å². The Kier molecular flexibility index (Phi) is 6.63. The van der Waals surface area contributed by atoms with Crippen molar-refractivity contribution in [3.63, 3.8) is 0 Å². The van der Waals surface area contributed by atoms with E-state index in [1.54, 1.807) is 0 Å². The van der Waals surface area contributed by atoms with E-state index in [0.717, 1.165) is 88.1 Å². The Morgan fingerprint density at radius 2 is 0.932 bits per heavy atom. The lowest BCUT2D eigenvalue weighted by Gasteiger charge is -2.13. The smallest absolute Gasteiger partial charge is 0.164 e. The highest BCUT2D eigenvalue weighted by Gasteiger charge is 2.22. The van der Waals surface area contributed by atoms with E-state index in [1.165, 1.54) is 21.5 Å². The van der Waals surface area contributed by atoms with E-state index in [9.17, 15) is 0 Å². The van der Waals surface area contributed by atoms with Gasteiger partial charge in [-0.3, -0.25) is 0 Å². The summed E-state index contributed by atoms with van der Waals surface area (Å²) >= 11 is 0. The van der Waals surface area contributed by atoms with Gasteiger partial charge in [-0.05, 0) is 82.2 Å². The molecule has 0 atom stereocenters. The number of fused-ring (bicyclic) bond motifs is 11. The molecule has 0 unspecified atom stereocenters. The summed E-state index contributed by atoms with van der Waals surface area (Å²) in [4.78, 5) is 15.9. The highest BCUT2D eigenvalue weighted by molar-refractivity contribution is 6.16. The normalized spacial score (nSPS) is 12.1. The summed E-state index contributed by atoms with van der Waals surface area (Å²) in [6, 6.07) is 63.3. The number of furan rings is 2. The molecule has 0 spiro atoms. The first-order valence-electron chi connectivity index (χ1n) is 19.8. The third kappa shape index (κ3) is 4.84. The summed E-state index contributed by atoms with van der Waals surface area (Å²) in [5, 5.41) is 11.0. The molecule has 0 fully saturated rings. The summed E-state index contributed by atoms with van der Waals surface area (Å²) in [6.45, 7) is 0. The first-order chi connectivity index (χ1) is 29.2. The van der Waals surface area contributed by atoms with Gasteiger partial charge < -0.3 is 13.4 Å². The third-order valence-electron chi connectivity index (χ3n) is 11.8. The van der Waals surface area contributed by atoms with Gasteiger partial charge >= 0.3 is 0 Å². The fourth-order valence-electron chi connectivity index (χ4n) is 9.06. The number of hydrogen-bond acceptors (Lipinski definition) is 5. The first kappa shape index (κ1) is 32.0.